The Bertz CT molecular complexity index is 906. The second kappa shape index (κ2) is 10.5. The highest BCUT2D eigenvalue weighted by atomic mass is 16.6. The Hall–Kier alpha value is -3.82. The first kappa shape index (κ1) is 22.9. The molecule has 0 radical (unpaired) electrons. The van der Waals surface area contributed by atoms with E-state index in [4.69, 9.17) is 9.47 Å². The second-order valence-electron chi connectivity index (χ2n) is 7.49. The Balaban J connectivity index is 1.71. The van der Waals surface area contributed by atoms with Gasteiger partial charge in [0.05, 0.1) is 21.0 Å². The molecule has 0 heterocycles. The van der Waals surface area contributed by atoms with E-state index < -0.39 is 34.0 Å². The van der Waals surface area contributed by atoms with Gasteiger partial charge >= 0.3 is 11.9 Å². The standard InChI is InChI=1S/C22H22N2O8/c25-21(15-7-11-17(12-8-15)23(27)28)31-19-5-3-1-2-4-6-20(19)32-22(26)16-9-13-18(14-10-16)24(29)30/h7-14,19-20H,1-6H2/t19-,20+. The van der Waals surface area contributed by atoms with Crippen molar-refractivity contribution in [3.05, 3.63) is 79.9 Å². The van der Waals surface area contributed by atoms with Gasteiger partial charge in [-0.05, 0) is 49.9 Å². The van der Waals surface area contributed by atoms with E-state index in [1.165, 1.54) is 48.5 Å². The average molecular weight is 442 g/mol. The summed E-state index contributed by atoms with van der Waals surface area (Å²) in [5, 5.41) is 21.6. The molecule has 0 N–H and O–H groups in total. The molecule has 32 heavy (non-hydrogen) atoms. The van der Waals surface area contributed by atoms with Crippen LogP contribution in [0, 0.1) is 20.2 Å². The minimum atomic E-state index is -0.667. The number of hydrogen-bond donors (Lipinski definition) is 0. The highest BCUT2D eigenvalue weighted by Gasteiger charge is 2.30. The first-order valence-corrected chi connectivity index (χ1v) is 10.3. The van der Waals surface area contributed by atoms with E-state index in [2.05, 4.69) is 0 Å². The van der Waals surface area contributed by atoms with Crippen molar-refractivity contribution >= 4 is 23.3 Å². The van der Waals surface area contributed by atoms with E-state index in [9.17, 15) is 29.8 Å². The molecule has 0 aliphatic heterocycles. The van der Waals surface area contributed by atoms with Crippen LogP contribution in [0.4, 0.5) is 11.4 Å². The van der Waals surface area contributed by atoms with Gasteiger partial charge in [-0.3, -0.25) is 20.2 Å². The maximum Gasteiger partial charge on any atom is 0.338 e. The van der Waals surface area contributed by atoms with Crippen LogP contribution in [0.3, 0.4) is 0 Å². The third-order valence-corrected chi connectivity index (χ3v) is 5.29. The van der Waals surface area contributed by atoms with Gasteiger partial charge in [0, 0.05) is 24.3 Å². The van der Waals surface area contributed by atoms with Crippen LogP contribution in [0.25, 0.3) is 0 Å². The molecule has 0 saturated heterocycles. The van der Waals surface area contributed by atoms with Crippen LogP contribution < -0.4 is 0 Å². The Labute approximate surface area is 183 Å². The van der Waals surface area contributed by atoms with Gasteiger partial charge in [-0.15, -0.1) is 0 Å². The molecule has 0 bridgehead atoms. The third kappa shape index (κ3) is 5.87. The number of carbonyl (C=O) groups excluding carboxylic acids is 2. The van der Waals surface area contributed by atoms with Gasteiger partial charge in [-0.2, -0.15) is 0 Å². The van der Waals surface area contributed by atoms with Crippen molar-refractivity contribution in [3.8, 4) is 0 Å². The van der Waals surface area contributed by atoms with Gasteiger partial charge in [0.1, 0.15) is 12.2 Å². The molecular weight excluding hydrogens is 420 g/mol. The van der Waals surface area contributed by atoms with E-state index >= 15 is 0 Å². The summed E-state index contributed by atoms with van der Waals surface area (Å²) in [6.07, 6.45) is 3.21. The molecule has 0 spiro atoms. The van der Waals surface area contributed by atoms with Gasteiger partial charge in [0.15, 0.2) is 0 Å². The zero-order chi connectivity index (χ0) is 23.1. The minimum absolute atomic E-state index is 0.137. The quantitative estimate of drug-likeness (QED) is 0.359. The number of benzene rings is 2. The van der Waals surface area contributed by atoms with Crippen LogP contribution >= 0.6 is 0 Å². The SMILES string of the molecule is O=C(O[C@H]1CCCCCC[C@H]1OC(=O)c1ccc([N+](=O)[O-])cc1)c1ccc([N+](=O)[O-])cc1. The number of rotatable bonds is 6. The fourth-order valence-electron chi connectivity index (χ4n) is 3.54. The molecule has 0 amide bonds. The fraction of sp³-hybridized carbons (Fsp3) is 0.364. The van der Waals surface area contributed by atoms with Crippen molar-refractivity contribution in [3.63, 3.8) is 0 Å². The Morgan fingerprint density at radius 3 is 1.31 bits per heavy atom. The maximum absolute atomic E-state index is 12.6. The van der Waals surface area contributed by atoms with E-state index in [0.717, 1.165) is 25.7 Å². The molecule has 1 fully saturated rings. The van der Waals surface area contributed by atoms with Gasteiger partial charge in [0.25, 0.3) is 11.4 Å². The van der Waals surface area contributed by atoms with Crippen LogP contribution in [0.15, 0.2) is 48.5 Å². The lowest BCUT2D eigenvalue weighted by molar-refractivity contribution is -0.385. The molecule has 1 aliphatic carbocycles. The summed E-state index contributed by atoms with van der Waals surface area (Å²) < 4.78 is 11.3. The lowest BCUT2D eigenvalue weighted by Gasteiger charge is -2.29. The monoisotopic (exact) mass is 442 g/mol. The lowest BCUT2D eigenvalue weighted by atomic mass is 9.95. The predicted molar refractivity (Wildman–Crippen MR) is 112 cm³/mol. The summed E-state index contributed by atoms with van der Waals surface area (Å²) in [5.41, 5.74) is 0.0565. The molecule has 1 saturated carbocycles. The van der Waals surface area contributed by atoms with Crippen LogP contribution in [-0.2, 0) is 9.47 Å². The molecular formula is C22H22N2O8. The van der Waals surface area contributed by atoms with Crippen molar-refractivity contribution < 1.29 is 28.9 Å². The van der Waals surface area contributed by atoms with Gasteiger partial charge < -0.3 is 9.47 Å². The molecule has 3 rings (SSSR count). The molecule has 2 aromatic carbocycles. The number of hydrogen-bond acceptors (Lipinski definition) is 8. The third-order valence-electron chi connectivity index (χ3n) is 5.29. The molecule has 0 unspecified atom stereocenters. The number of esters is 2. The van der Waals surface area contributed by atoms with Crippen LogP contribution in [-0.4, -0.2) is 34.0 Å². The molecule has 168 valence electrons. The largest absolute Gasteiger partial charge is 0.455 e. The van der Waals surface area contributed by atoms with Crippen LogP contribution in [0.1, 0.15) is 59.2 Å². The predicted octanol–water partition coefficient (Wildman–Crippen LogP) is 4.61. The minimum Gasteiger partial charge on any atom is -0.455 e. The average Bonchev–Trinajstić information content (AvgIpc) is 2.78. The number of nitro benzene ring substituents is 2. The molecule has 10 nitrogen and oxygen atoms in total. The van der Waals surface area contributed by atoms with E-state index in [0.29, 0.717) is 12.8 Å². The molecule has 10 heteroatoms. The zero-order valence-electron chi connectivity index (χ0n) is 17.2. The van der Waals surface area contributed by atoms with Gasteiger partial charge in [-0.25, -0.2) is 9.59 Å². The summed E-state index contributed by atoms with van der Waals surface area (Å²) in [6, 6.07) is 10.2. The molecule has 2 atom stereocenters. The van der Waals surface area contributed by atoms with Gasteiger partial charge in [0.2, 0.25) is 0 Å². The summed E-state index contributed by atoms with van der Waals surface area (Å²) in [4.78, 5) is 45.7. The zero-order valence-corrected chi connectivity index (χ0v) is 17.2. The van der Waals surface area contributed by atoms with Crippen molar-refractivity contribution in [1.82, 2.24) is 0 Å². The summed E-state index contributed by atoms with van der Waals surface area (Å²) in [6.45, 7) is 0. The van der Waals surface area contributed by atoms with E-state index in [-0.39, 0.29) is 22.5 Å². The molecule has 1 aliphatic rings. The van der Waals surface area contributed by atoms with Crippen molar-refractivity contribution in [2.45, 2.75) is 50.7 Å². The van der Waals surface area contributed by atoms with Crippen molar-refractivity contribution in [1.29, 1.82) is 0 Å². The van der Waals surface area contributed by atoms with Crippen molar-refractivity contribution in [2.24, 2.45) is 0 Å². The van der Waals surface area contributed by atoms with Crippen LogP contribution in [0.2, 0.25) is 0 Å². The Kier molecular flexibility index (Phi) is 7.48. The van der Waals surface area contributed by atoms with Gasteiger partial charge in [-0.1, -0.05) is 12.8 Å². The first-order chi connectivity index (χ1) is 15.3. The smallest absolute Gasteiger partial charge is 0.338 e. The normalized spacial score (nSPS) is 18.6. The topological polar surface area (TPSA) is 139 Å². The fourth-order valence-corrected chi connectivity index (χ4v) is 3.54. The Morgan fingerprint density at radius 1 is 0.656 bits per heavy atom. The summed E-state index contributed by atoms with van der Waals surface area (Å²) in [7, 11) is 0. The molecule has 0 aromatic heterocycles. The number of ether oxygens (including phenoxy) is 2. The summed E-state index contributed by atoms with van der Waals surface area (Å²) >= 11 is 0. The summed E-state index contributed by atoms with van der Waals surface area (Å²) in [5.74, 6) is -1.30. The highest BCUT2D eigenvalue weighted by molar-refractivity contribution is 5.90. The lowest BCUT2D eigenvalue weighted by Crippen LogP contribution is -2.36. The Morgan fingerprint density at radius 2 is 1.00 bits per heavy atom. The second-order valence-corrected chi connectivity index (χ2v) is 7.49. The maximum atomic E-state index is 12.6. The number of carbonyl (C=O) groups is 2. The van der Waals surface area contributed by atoms with E-state index in [1.54, 1.807) is 0 Å². The van der Waals surface area contributed by atoms with E-state index in [1.807, 2.05) is 0 Å². The number of non-ortho nitro benzene ring substituents is 2. The van der Waals surface area contributed by atoms with Crippen LogP contribution in [0.5, 0.6) is 0 Å². The van der Waals surface area contributed by atoms with Crippen molar-refractivity contribution in [2.75, 3.05) is 0 Å². The highest BCUT2D eigenvalue weighted by Crippen LogP contribution is 2.25. The number of nitrogens with zero attached hydrogens (tertiary/aromatic N) is 2. The number of nitro groups is 2. The first-order valence-electron chi connectivity index (χ1n) is 10.3. The molecule has 2 aromatic rings.